The zero-order chi connectivity index (χ0) is 13.0. The molecule has 0 unspecified atom stereocenters. The van der Waals surface area contributed by atoms with Crippen molar-refractivity contribution in [2.75, 3.05) is 18.0 Å². The Hall–Kier alpha value is -1.77. The van der Waals surface area contributed by atoms with Gasteiger partial charge in [-0.1, -0.05) is 6.07 Å². The molecule has 1 aliphatic rings. The molecule has 96 valence electrons. The Morgan fingerprint density at radius 2 is 2.00 bits per heavy atom. The van der Waals surface area contributed by atoms with Crippen LogP contribution in [0, 0.1) is 6.92 Å². The Morgan fingerprint density at radius 1 is 1.28 bits per heavy atom. The minimum atomic E-state index is -0.408. The van der Waals surface area contributed by atoms with Crippen LogP contribution in [0.3, 0.4) is 0 Å². The summed E-state index contributed by atoms with van der Waals surface area (Å²) in [6.45, 7) is 4.36. The second-order valence-electron chi connectivity index (χ2n) is 4.82. The van der Waals surface area contributed by atoms with Crippen molar-refractivity contribution in [1.29, 1.82) is 0 Å². The molecular weight excluding hydrogens is 224 g/mol. The first-order valence-electron chi connectivity index (χ1n) is 6.50. The molecule has 3 nitrogen and oxygen atoms in total. The lowest BCUT2D eigenvalue weighted by atomic mass is 10.0. The van der Waals surface area contributed by atoms with Gasteiger partial charge in [-0.15, -0.1) is 0 Å². The number of hydrogen-bond acceptors (Lipinski definition) is 2. The molecular formula is C15H20N2O. The zero-order valence-electron chi connectivity index (χ0n) is 10.9. The second kappa shape index (κ2) is 5.71. The summed E-state index contributed by atoms with van der Waals surface area (Å²) in [4.78, 5) is 13.2. The Morgan fingerprint density at radius 3 is 2.61 bits per heavy atom. The van der Waals surface area contributed by atoms with Crippen LogP contribution in [0.15, 0.2) is 24.3 Å². The number of aryl methyl sites for hydroxylation is 1. The van der Waals surface area contributed by atoms with E-state index in [1.165, 1.54) is 36.6 Å². The van der Waals surface area contributed by atoms with E-state index in [0.29, 0.717) is 0 Å². The van der Waals surface area contributed by atoms with E-state index in [9.17, 15) is 4.79 Å². The summed E-state index contributed by atoms with van der Waals surface area (Å²) >= 11 is 0. The molecule has 1 aromatic carbocycles. The first-order chi connectivity index (χ1) is 8.66. The summed E-state index contributed by atoms with van der Waals surface area (Å²) in [5.41, 5.74) is 8.61. The number of hydrogen-bond donors (Lipinski definition) is 1. The highest BCUT2D eigenvalue weighted by molar-refractivity contribution is 5.90. The lowest BCUT2D eigenvalue weighted by Gasteiger charge is -2.29. The van der Waals surface area contributed by atoms with Crippen molar-refractivity contribution in [3.05, 3.63) is 35.4 Å². The molecule has 3 heteroatoms. The van der Waals surface area contributed by atoms with E-state index in [1.54, 1.807) is 6.08 Å². The average molecular weight is 244 g/mol. The Kier molecular flexibility index (Phi) is 4.03. The van der Waals surface area contributed by atoms with Crippen LogP contribution < -0.4 is 10.6 Å². The SMILES string of the molecule is Cc1cc(N2CCCCC2)ccc1/C=C\C(N)=O. The first kappa shape index (κ1) is 12.7. The number of nitrogens with two attached hydrogens (primary N) is 1. The topological polar surface area (TPSA) is 46.3 Å². The molecule has 0 aliphatic carbocycles. The van der Waals surface area contributed by atoms with E-state index in [-0.39, 0.29) is 0 Å². The molecule has 0 atom stereocenters. The van der Waals surface area contributed by atoms with Crippen LogP contribution >= 0.6 is 0 Å². The predicted octanol–water partition coefficient (Wildman–Crippen LogP) is 2.48. The van der Waals surface area contributed by atoms with Gasteiger partial charge < -0.3 is 10.6 Å². The van der Waals surface area contributed by atoms with E-state index in [2.05, 4.69) is 30.0 Å². The quantitative estimate of drug-likeness (QED) is 0.830. The minimum absolute atomic E-state index is 0.408. The third-order valence-corrected chi connectivity index (χ3v) is 3.40. The van der Waals surface area contributed by atoms with Gasteiger partial charge >= 0.3 is 0 Å². The molecule has 1 aromatic rings. The van der Waals surface area contributed by atoms with E-state index in [4.69, 9.17) is 5.73 Å². The molecule has 0 spiro atoms. The maximum absolute atomic E-state index is 10.7. The maximum Gasteiger partial charge on any atom is 0.241 e. The standard InChI is InChI=1S/C15H20N2O/c1-12-11-14(17-9-3-2-4-10-17)7-5-13(12)6-8-15(16)18/h5-8,11H,2-4,9-10H2,1H3,(H2,16,18)/b8-6-. The minimum Gasteiger partial charge on any atom is -0.372 e. The van der Waals surface area contributed by atoms with Gasteiger partial charge in [0.1, 0.15) is 0 Å². The highest BCUT2D eigenvalue weighted by Gasteiger charge is 2.11. The van der Waals surface area contributed by atoms with E-state index in [0.717, 1.165) is 18.7 Å². The molecule has 2 rings (SSSR count). The van der Waals surface area contributed by atoms with Crippen molar-refractivity contribution < 1.29 is 4.79 Å². The largest absolute Gasteiger partial charge is 0.372 e. The third-order valence-electron chi connectivity index (χ3n) is 3.40. The molecule has 1 amide bonds. The second-order valence-corrected chi connectivity index (χ2v) is 4.82. The number of piperidine rings is 1. The molecule has 18 heavy (non-hydrogen) atoms. The van der Waals surface area contributed by atoms with Crippen LogP contribution in [0.1, 0.15) is 30.4 Å². The van der Waals surface area contributed by atoms with Gasteiger partial charge in [0, 0.05) is 24.9 Å². The van der Waals surface area contributed by atoms with Crippen molar-refractivity contribution >= 4 is 17.7 Å². The lowest BCUT2D eigenvalue weighted by Crippen LogP contribution is -2.29. The predicted molar refractivity (Wildman–Crippen MR) is 75.5 cm³/mol. The zero-order valence-corrected chi connectivity index (χ0v) is 10.9. The number of nitrogens with zero attached hydrogens (tertiary/aromatic N) is 1. The Balaban J connectivity index is 2.16. The molecule has 1 heterocycles. The molecule has 0 aromatic heterocycles. The van der Waals surface area contributed by atoms with Gasteiger partial charge in [-0.25, -0.2) is 0 Å². The molecule has 0 bridgehead atoms. The van der Waals surface area contributed by atoms with Crippen molar-refractivity contribution in [2.45, 2.75) is 26.2 Å². The van der Waals surface area contributed by atoms with Crippen molar-refractivity contribution in [3.63, 3.8) is 0 Å². The van der Waals surface area contributed by atoms with E-state index < -0.39 is 5.91 Å². The molecule has 1 saturated heterocycles. The van der Waals surface area contributed by atoms with E-state index in [1.807, 2.05) is 0 Å². The van der Waals surface area contributed by atoms with Crippen LogP contribution in [-0.4, -0.2) is 19.0 Å². The normalized spacial score (nSPS) is 16.2. The molecule has 1 aliphatic heterocycles. The van der Waals surface area contributed by atoms with Gasteiger partial charge in [0.2, 0.25) is 5.91 Å². The highest BCUT2D eigenvalue weighted by atomic mass is 16.1. The van der Waals surface area contributed by atoms with Gasteiger partial charge in [-0.3, -0.25) is 4.79 Å². The van der Waals surface area contributed by atoms with Gasteiger partial charge in [-0.2, -0.15) is 0 Å². The number of rotatable bonds is 3. The van der Waals surface area contributed by atoms with Gasteiger partial charge in [0.15, 0.2) is 0 Å². The molecule has 1 fully saturated rings. The van der Waals surface area contributed by atoms with Crippen LogP contribution in [0.5, 0.6) is 0 Å². The lowest BCUT2D eigenvalue weighted by molar-refractivity contribution is -0.113. The monoisotopic (exact) mass is 244 g/mol. The maximum atomic E-state index is 10.7. The van der Waals surface area contributed by atoms with Gasteiger partial charge in [0.25, 0.3) is 0 Å². The highest BCUT2D eigenvalue weighted by Crippen LogP contribution is 2.23. The Labute approximate surface area is 108 Å². The van der Waals surface area contributed by atoms with Gasteiger partial charge in [0.05, 0.1) is 0 Å². The third kappa shape index (κ3) is 3.13. The summed E-state index contributed by atoms with van der Waals surface area (Å²) in [7, 11) is 0. The summed E-state index contributed by atoms with van der Waals surface area (Å²) in [5.74, 6) is -0.408. The number of carbonyl (C=O) groups is 1. The van der Waals surface area contributed by atoms with Crippen molar-refractivity contribution in [1.82, 2.24) is 0 Å². The van der Waals surface area contributed by atoms with E-state index >= 15 is 0 Å². The average Bonchev–Trinajstić information content (AvgIpc) is 2.38. The Bertz CT molecular complexity index is 460. The van der Waals surface area contributed by atoms with Crippen LogP contribution in [-0.2, 0) is 4.79 Å². The number of anilines is 1. The number of carbonyl (C=O) groups excluding carboxylic acids is 1. The summed E-state index contributed by atoms with van der Waals surface area (Å²) in [6, 6.07) is 6.36. The fraction of sp³-hybridized carbons (Fsp3) is 0.400. The first-order valence-corrected chi connectivity index (χ1v) is 6.50. The molecule has 0 saturated carbocycles. The van der Waals surface area contributed by atoms with Crippen LogP contribution in [0.25, 0.3) is 6.08 Å². The van der Waals surface area contributed by atoms with Crippen LogP contribution in [0.4, 0.5) is 5.69 Å². The fourth-order valence-electron chi connectivity index (χ4n) is 2.37. The molecule has 2 N–H and O–H groups in total. The van der Waals surface area contributed by atoms with Crippen molar-refractivity contribution in [3.8, 4) is 0 Å². The molecule has 0 radical (unpaired) electrons. The smallest absolute Gasteiger partial charge is 0.241 e. The summed E-state index contributed by atoms with van der Waals surface area (Å²) in [6.07, 6.45) is 7.08. The number of benzene rings is 1. The summed E-state index contributed by atoms with van der Waals surface area (Å²) in [5, 5.41) is 0. The number of primary amides is 1. The fourth-order valence-corrected chi connectivity index (χ4v) is 2.37. The van der Waals surface area contributed by atoms with Crippen molar-refractivity contribution in [2.24, 2.45) is 5.73 Å². The van der Waals surface area contributed by atoms with Crippen LogP contribution in [0.2, 0.25) is 0 Å². The number of amides is 1. The van der Waals surface area contributed by atoms with Gasteiger partial charge in [-0.05, 0) is 55.5 Å². The summed E-state index contributed by atoms with van der Waals surface area (Å²) < 4.78 is 0.